The number of aliphatic hydroxyl groups excluding tert-OH is 3. The number of rotatable bonds is 17. The van der Waals surface area contributed by atoms with Crippen LogP contribution in [0.15, 0.2) is 0 Å². The van der Waals surface area contributed by atoms with Crippen LogP contribution in [0.2, 0.25) is 0 Å². The minimum atomic E-state index is -0.596. The van der Waals surface area contributed by atoms with Gasteiger partial charge in [-0.25, -0.2) is 0 Å². The first-order valence-corrected chi connectivity index (χ1v) is 9.60. The zero-order chi connectivity index (χ0) is 17.3. The van der Waals surface area contributed by atoms with Gasteiger partial charge in [-0.3, -0.25) is 4.79 Å². The predicted octanol–water partition coefficient (Wildman–Crippen LogP) is 3.75. The Bertz CT molecular complexity index is 268. The Morgan fingerprint density at radius 1 is 0.739 bits per heavy atom. The first-order valence-electron chi connectivity index (χ1n) is 9.60. The highest BCUT2D eigenvalue weighted by atomic mass is 16.3. The van der Waals surface area contributed by atoms with Crippen molar-refractivity contribution < 1.29 is 20.1 Å². The molecule has 0 aromatic carbocycles. The molecule has 0 aromatic heterocycles. The van der Waals surface area contributed by atoms with Crippen LogP contribution in [0.25, 0.3) is 0 Å². The topological polar surface area (TPSA) is 77.8 Å². The smallest absolute Gasteiger partial charge is 0.158 e. The summed E-state index contributed by atoms with van der Waals surface area (Å²) in [6.07, 6.45) is 12.7. The highest BCUT2D eigenvalue weighted by Gasteiger charge is 2.15. The van der Waals surface area contributed by atoms with E-state index in [0.717, 1.165) is 44.9 Å². The number of unbranched alkanes of at least 4 members (excludes halogenated alkanes) is 9. The third kappa shape index (κ3) is 14.9. The molecule has 0 aromatic rings. The van der Waals surface area contributed by atoms with Crippen molar-refractivity contribution in [1.29, 1.82) is 0 Å². The molecule has 0 saturated carbocycles. The van der Waals surface area contributed by atoms with Crippen LogP contribution >= 0.6 is 0 Å². The zero-order valence-corrected chi connectivity index (χ0v) is 15.0. The Morgan fingerprint density at radius 3 is 1.65 bits per heavy atom. The molecule has 2 unspecified atom stereocenters. The Hall–Kier alpha value is -0.450. The summed E-state index contributed by atoms with van der Waals surface area (Å²) in [5.74, 6) is -0.0850. The number of carbonyl (C=O) groups excluding carboxylic acids is 1. The highest BCUT2D eigenvalue weighted by Crippen LogP contribution is 2.15. The van der Waals surface area contributed by atoms with Gasteiger partial charge in [-0.2, -0.15) is 0 Å². The number of ketones is 1. The monoisotopic (exact) mass is 330 g/mol. The SMILES string of the molecule is CCCCCCCCC(O)C(O)CCCCCCCC(=O)CO. The van der Waals surface area contributed by atoms with Crippen molar-refractivity contribution in [1.82, 2.24) is 0 Å². The van der Waals surface area contributed by atoms with Crippen LogP contribution in [0.5, 0.6) is 0 Å². The van der Waals surface area contributed by atoms with Gasteiger partial charge in [-0.05, 0) is 19.3 Å². The zero-order valence-electron chi connectivity index (χ0n) is 15.0. The summed E-state index contributed by atoms with van der Waals surface area (Å²) < 4.78 is 0. The van der Waals surface area contributed by atoms with Crippen LogP contribution in [0, 0.1) is 0 Å². The predicted molar refractivity (Wildman–Crippen MR) is 94.4 cm³/mol. The van der Waals surface area contributed by atoms with Crippen molar-refractivity contribution in [3.8, 4) is 0 Å². The number of aliphatic hydroxyl groups is 3. The largest absolute Gasteiger partial charge is 0.390 e. The average molecular weight is 331 g/mol. The van der Waals surface area contributed by atoms with Gasteiger partial charge >= 0.3 is 0 Å². The molecule has 4 nitrogen and oxygen atoms in total. The van der Waals surface area contributed by atoms with Gasteiger partial charge in [0.2, 0.25) is 0 Å². The Morgan fingerprint density at radius 2 is 1.17 bits per heavy atom. The van der Waals surface area contributed by atoms with Crippen molar-refractivity contribution in [2.45, 2.75) is 109 Å². The van der Waals surface area contributed by atoms with Gasteiger partial charge in [-0.1, -0.05) is 71.1 Å². The number of hydrogen-bond donors (Lipinski definition) is 3. The summed E-state index contributed by atoms with van der Waals surface area (Å²) in [6.45, 7) is 1.86. The lowest BCUT2D eigenvalue weighted by Crippen LogP contribution is -2.25. The second-order valence-corrected chi connectivity index (χ2v) is 6.69. The summed E-state index contributed by atoms with van der Waals surface area (Å²) in [6, 6.07) is 0. The van der Waals surface area contributed by atoms with E-state index in [1.165, 1.54) is 25.7 Å². The van der Waals surface area contributed by atoms with Gasteiger partial charge in [0.25, 0.3) is 0 Å². The summed E-state index contributed by atoms with van der Waals surface area (Å²) in [7, 11) is 0. The quantitative estimate of drug-likeness (QED) is 0.355. The Kier molecular flexibility index (Phi) is 16.1. The molecule has 0 radical (unpaired) electrons. The van der Waals surface area contributed by atoms with Crippen molar-refractivity contribution in [3.05, 3.63) is 0 Å². The minimum absolute atomic E-state index is 0.0850. The van der Waals surface area contributed by atoms with Crippen molar-refractivity contribution in [2.24, 2.45) is 0 Å². The van der Waals surface area contributed by atoms with Crippen molar-refractivity contribution in [2.75, 3.05) is 6.61 Å². The minimum Gasteiger partial charge on any atom is -0.390 e. The fraction of sp³-hybridized carbons (Fsp3) is 0.947. The standard InChI is InChI=1S/C19H38O4/c1-2-3-4-5-8-11-14-18(22)19(23)15-12-9-6-7-10-13-17(21)16-20/h18-20,22-23H,2-16H2,1H3. The third-order valence-electron chi connectivity index (χ3n) is 4.43. The molecule has 2 atom stereocenters. The van der Waals surface area contributed by atoms with E-state index in [4.69, 9.17) is 5.11 Å². The summed E-state index contributed by atoms with van der Waals surface area (Å²) in [4.78, 5) is 10.9. The second-order valence-electron chi connectivity index (χ2n) is 6.69. The van der Waals surface area contributed by atoms with Gasteiger partial charge in [0.1, 0.15) is 6.61 Å². The summed E-state index contributed by atoms with van der Waals surface area (Å²) in [5.41, 5.74) is 0. The van der Waals surface area contributed by atoms with E-state index >= 15 is 0 Å². The maximum atomic E-state index is 10.9. The molecule has 0 heterocycles. The lowest BCUT2D eigenvalue weighted by atomic mass is 9.99. The van der Waals surface area contributed by atoms with Gasteiger partial charge in [0, 0.05) is 6.42 Å². The van der Waals surface area contributed by atoms with Crippen LogP contribution in [-0.2, 0) is 4.79 Å². The number of hydrogen-bond acceptors (Lipinski definition) is 4. The van der Waals surface area contributed by atoms with E-state index in [1.807, 2.05) is 0 Å². The molecular formula is C19H38O4. The molecular weight excluding hydrogens is 292 g/mol. The van der Waals surface area contributed by atoms with E-state index in [-0.39, 0.29) is 12.4 Å². The van der Waals surface area contributed by atoms with Crippen molar-refractivity contribution >= 4 is 5.78 Å². The van der Waals surface area contributed by atoms with E-state index in [2.05, 4.69) is 6.92 Å². The maximum absolute atomic E-state index is 10.9. The lowest BCUT2D eigenvalue weighted by molar-refractivity contribution is -0.121. The van der Waals surface area contributed by atoms with E-state index in [1.54, 1.807) is 0 Å². The van der Waals surface area contributed by atoms with Crippen LogP contribution in [0.1, 0.15) is 96.8 Å². The molecule has 0 fully saturated rings. The fourth-order valence-corrected chi connectivity index (χ4v) is 2.80. The van der Waals surface area contributed by atoms with E-state index in [0.29, 0.717) is 19.3 Å². The van der Waals surface area contributed by atoms with Gasteiger partial charge in [-0.15, -0.1) is 0 Å². The number of Topliss-reactive ketones (excluding diaryl/α,β-unsaturated/α-hetero) is 1. The number of carbonyl (C=O) groups is 1. The third-order valence-corrected chi connectivity index (χ3v) is 4.43. The average Bonchev–Trinajstić information content (AvgIpc) is 2.56. The Balaban J connectivity index is 3.40. The molecule has 0 spiro atoms. The van der Waals surface area contributed by atoms with Crippen LogP contribution < -0.4 is 0 Å². The Labute approximate surface area is 142 Å². The molecule has 23 heavy (non-hydrogen) atoms. The molecule has 4 heteroatoms. The summed E-state index contributed by atoms with van der Waals surface area (Å²) >= 11 is 0. The van der Waals surface area contributed by atoms with Crippen LogP contribution in [0.4, 0.5) is 0 Å². The molecule has 0 saturated heterocycles. The molecule has 0 aliphatic carbocycles. The van der Waals surface area contributed by atoms with Gasteiger partial charge in [0.15, 0.2) is 5.78 Å². The molecule has 138 valence electrons. The maximum Gasteiger partial charge on any atom is 0.158 e. The van der Waals surface area contributed by atoms with Crippen LogP contribution in [0.3, 0.4) is 0 Å². The second kappa shape index (κ2) is 16.4. The molecule has 0 rings (SSSR count). The van der Waals surface area contributed by atoms with Crippen molar-refractivity contribution in [3.63, 3.8) is 0 Å². The van der Waals surface area contributed by atoms with Gasteiger partial charge in [0.05, 0.1) is 12.2 Å². The normalized spacial score (nSPS) is 13.9. The molecule has 0 aliphatic rings. The fourth-order valence-electron chi connectivity index (χ4n) is 2.80. The molecule has 0 bridgehead atoms. The molecule has 3 N–H and O–H groups in total. The first-order chi connectivity index (χ1) is 11.1. The highest BCUT2D eigenvalue weighted by molar-refractivity contribution is 5.79. The van der Waals surface area contributed by atoms with E-state index in [9.17, 15) is 15.0 Å². The van der Waals surface area contributed by atoms with Gasteiger partial charge < -0.3 is 15.3 Å². The van der Waals surface area contributed by atoms with Crippen LogP contribution in [-0.4, -0.2) is 39.9 Å². The first kappa shape index (κ1) is 22.6. The molecule has 0 aliphatic heterocycles. The molecule has 0 amide bonds. The van der Waals surface area contributed by atoms with E-state index < -0.39 is 12.2 Å². The summed E-state index contributed by atoms with van der Waals surface area (Å²) in [5, 5.41) is 28.5. The lowest BCUT2D eigenvalue weighted by Gasteiger charge is -2.17.